The standard InChI is InChI=1S/C15H18O2/c1-4-13(15-10-6-12(3)17-15)7-9-14-8-5-11(2)16-14/h5-10,13H,4H2,1-3H3/b9-7+. The predicted octanol–water partition coefficient (Wildman–Crippen LogP) is 4.70. The Kier molecular flexibility index (Phi) is 3.52. The SMILES string of the molecule is CCC(/C=C/c1ccc(C)o1)c1ccc(C)o1. The van der Waals surface area contributed by atoms with Gasteiger partial charge in [-0.3, -0.25) is 0 Å². The van der Waals surface area contributed by atoms with Gasteiger partial charge in [-0.2, -0.15) is 0 Å². The van der Waals surface area contributed by atoms with Gasteiger partial charge in [-0.1, -0.05) is 13.0 Å². The smallest absolute Gasteiger partial charge is 0.126 e. The van der Waals surface area contributed by atoms with Crippen LogP contribution in [-0.4, -0.2) is 0 Å². The topological polar surface area (TPSA) is 26.3 Å². The number of hydrogen-bond donors (Lipinski definition) is 0. The molecule has 1 unspecified atom stereocenters. The van der Waals surface area contributed by atoms with E-state index >= 15 is 0 Å². The number of allylic oxidation sites excluding steroid dienone is 1. The van der Waals surface area contributed by atoms with E-state index in [1.807, 2.05) is 44.2 Å². The molecule has 0 fully saturated rings. The molecule has 0 saturated heterocycles. The fraction of sp³-hybridized carbons (Fsp3) is 0.333. The summed E-state index contributed by atoms with van der Waals surface area (Å²) in [6.07, 6.45) is 5.17. The molecule has 2 heterocycles. The summed E-state index contributed by atoms with van der Waals surface area (Å²) >= 11 is 0. The Morgan fingerprint density at radius 2 is 1.76 bits per heavy atom. The maximum Gasteiger partial charge on any atom is 0.126 e. The van der Waals surface area contributed by atoms with Crippen molar-refractivity contribution in [3.05, 3.63) is 53.4 Å². The van der Waals surface area contributed by atoms with Crippen LogP contribution >= 0.6 is 0 Å². The highest BCUT2D eigenvalue weighted by atomic mass is 16.3. The van der Waals surface area contributed by atoms with Gasteiger partial charge in [-0.25, -0.2) is 0 Å². The predicted molar refractivity (Wildman–Crippen MR) is 69.0 cm³/mol. The van der Waals surface area contributed by atoms with Crippen molar-refractivity contribution >= 4 is 6.08 Å². The van der Waals surface area contributed by atoms with Gasteiger partial charge in [0.05, 0.1) is 0 Å². The lowest BCUT2D eigenvalue weighted by molar-refractivity contribution is 0.462. The van der Waals surface area contributed by atoms with E-state index in [1.54, 1.807) is 0 Å². The second-order valence-corrected chi connectivity index (χ2v) is 4.27. The van der Waals surface area contributed by atoms with E-state index in [0.29, 0.717) is 5.92 Å². The summed E-state index contributed by atoms with van der Waals surface area (Å²) in [5.74, 6) is 4.12. The fourth-order valence-electron chi connectivity index (χ4n) is 1.84. The quantitative estimate of drug-likeness (QED) is 0.761. The van der Waals surface area contributed by atoms with Crippen molar-refractivity contribution in [2.45, 2.75) is 33.1 Å². The van der Waals surface area contributed by atoms with Crippen molar-refractivity contribution in [2.24, 2.45) is 0 Å². The summed E-state index contributed by atoms with van der Waals surface area (Å²) in [7, 11) is 0. The Morgan fingerprint density at radius 1 is 1.06 bits per heavy atom. The minimum Gasteiger partial charge on any atom is -0.466 e. The van der Waals surface area contributed by atoms with E-state index in [4.69, 9.17) is 8.83 Å². The van der Waals surface area contributed by atoms with Crippen LogP contribution in [0.1, 0.15) is 42.3 Å². The van der Waals surface area contributed by atoms with Crippen LogP contribution in [-0.2, 0) is 0 Å². The van der Waals surface area contributed by atoms with Crippen LogP contribution in [0.25, 0.3) is 6.08 Å². The van der Waals surface area contributed by atoms with Gasteiger partial charge in [-0.05, 0) is 50.6 Å². The van der Waals surface area contributed by atoms with E-state index in [-0.39, 0.29) is 0 Å². The van der Waals surface area contributed by atoms with E-state index in [0.717, 1.165) is 29.5 Å². The lowest BCUT2D eigenvalue weighted by Gasteiger charge is -2.05. The van der Waals surface area contributed by atoms with Gasteiger partial charge in [0.15, 0.2) is 0 Å². The van der Waals surface area contributed by atoms with Crippen LogP contribution in [0, 0.1) is 13.8 Å². The van der Waals surface area contributed by atoms with Crippen LogP contribution in [0.15, 0.2) is 39.2 Å². The Labute approximate surface area is 102 Å². The van der Waals surface area contributed by atoms with Gasteiger partial charge < -0.3 is 8.83 Å². The Bertz CT molecular complexity index is 502. The third-order valence-electron chi connectivity index (χ3n) is 2.82. The van der Waals surface area contributed by atoms with E-state index in [2.05, 4.69) is 13.0 Å². The molecule has 0 radical (unpaired) electrons. The van der Waals surface area contributed by atoms with Gasteiger partial charge in [0.2, 0.25) is 0 Å². The molecule has 0 N–H and O–H groups in total. The van der Waals surface area contributed by atoms with Crippen molar-refractivity contribution < 1.29 is 8.83 Å². The summed E-state index contributed by atoms with van der Waals surface area (Å²) in [5, 5.41) is 0. The zero-order chi connectivity index (χ0) is 12.3. The molecule has 17 heavy (non-hydrogen) atoms. The number of aryl methyl sites for hydroxylation is 2. The van der Waals surface area contributed by atoms with Crippen LogP contribution in [0.2, 0.25) is 0 Å². The Balaban J connectivity index is 2.12. The van der Waals surface area contributed by atoms with Crippen molar-refractivity contribution in [1.82, 2.24) is 0 Å². The maximum atomic E-state index is 5.65. The Hall–Kier alpha value is -1.70. The number of furan rings is 2. The summed E-state index contributed by atoms with van der Waals surface area (Å²) in [4.78, 5) is 0. The monoisotopic (exact) mass is 230 g/mol. The first-order valence-corrected chi connectivity index (χ1v) is 6.00. The fourth-order valence-corrected chi connectivity index (χ4v) is 1.84. The van der Waals surface area contributed by atoms with Gasteiger partial charge in [0.25, 0.3) is 0 Å². The molecule has 0 aliphatic rings. The molecule has 0 aliphatic heterocycles. The third kappa shape index (κ3) is 2.90. The van der Waals surface area contributed by atoms with Gasteiger partial charge in [-0.15, -0.1) is 0 Å². The highest BCUT2D eigenvalue weighted by Gasteiger charge is 2.09. The van der Waals surface area contributed by atoms with Crippen LogP contribution < -0.4 is 0 Å². The summed E-state index contributed by atoms with van der Waals surface area (Å²) in [6, 6.07) is 7.99. The maximum absolute atomic E-state index is 5.65. The molecule has 2 rings (SSSR count). The summed E-state index contributed by atoms with van der Waals surface area (Å²) < 4.78 is 11.2. The zero-order valence-electron chi connectivity index (χ0n) is 10.6. The van der Waals surface area contributed by atoms with Crippen LogP contribution in [0.4, 0.5) is 0 Å². The first-order chi connectivity index (χ1) is 8.19. The lowest BCUT2D eigenvalue weighted by atomic mass is 10.0. The van der Waals surface area contributed by atoms with Crippen molar-refractivity contribution in [2.75, 3.05) is 0 Å². The molecule has 0 aromatic carbocycles. The summed E-state index contributed by atoms with van der Waals surface area (Å²) in [6.45, 7) is 6.07. The Morgan fingerprint density at radius 3 is 2.29 bits per heavy atom. The van der Waals surface area contributed by atoms with E-state index < -0.39 is 0 Å². The minimum atomic E-state index is 0.314. The van der Waals surface area contributed by atoms with Crippen molar-refractivity contribution in [3.63, 3.8) is 0 Å². The second kappa shape index (κ2) is 5.09. The molecule has 2 aromatic heterocycles. The third-order valence-corrected chi connectivity index (χ3v) is 2.82. The molecule has 0 spiro atoms. The van der Waals surface area contributed by atoms with Gasteiger partial charge >= 0.3 is 0 Å². The van der Waals surface area contributed by atoms with Gasteiger partial charge in [0.1, 0.15) is 23.0 Å². The van der Waals surface area contributed by atoms with Crippen molar-refractivity contribution in [3.8, 4) is 0 Å². The summed E-state index contributed by atoms with van der Waals surface area (Å²) in [5.41, 5.74) is 0. The molecule has 90 valence electrons. The number of hydrogen-bond acceptors (Lipinski definition) is 2. The van der Waals surface area contributed by atoms with Crippen molar-refractivity contribution in [1.29, 1.82) is 0 Å². The molecular formula is C15H18O2. The average Bonchev–Trinajstić information content (AvgIpc) is 2.89. The first kappa shape index (κ1) is 11.8. The molecule has 2 aromatic rings. The molecule has 2 nitrogen and oxygen atoms in total. The minimum absolute atomic E-state index is 0.314. The molecule has 2 heteroatoms. The molecule has 0 aliphatic carbocycles. The largest absolute Gasteiger partial charge is 0.466 e. The first-order valence-electron chi connectivity index (χ1n) is 6.00. The van der Waals surface area contributed by atoms with E-state index in [9.17, 15) is 0 Å². The molecule has 0 saturated carbocycles. The number of rotatable bonds is 4. The second-order valence-electron chi connectivity index (χ2n) is 4.27. The normalized spacial score (nSPS) is 13.4. The molecule has 0 amide bonds. The van der Waals surface area contributed by atoms with Crippen LogP contribution in [0.3, 0.4) is 0 Å². The zero-order valence-corrected chi connectivity index (χ0v) is 10.6. The lowest BCUT2D eigenvalue weighted by Crippen LogP contribution is -1.89. The molecule has 1 atom stereocenters. The van der Waals surface area contributed by atoms with E-state index in [1.165, 1.54) is 0 Å². The van der Waals surface area contributed by atoms with Crippen LogP contribution in [0.5, 0.6) is 0 Å². The highest BCUT2D eigenvalue weighted by molar-refractivity contribution is 5.44. The molecule has 0 bridgehead atoms. The van der Waals surface area contributed by atoms with Gasteiger partial charge in [0, 0.05) is 5.92 Å². The highest BCUT2D eigenvalue weighted by Crippen LogP contribution is 2.24. The average molecular weight is 230 g/mol. The molecular weight excluding hydrogens is 212 g/mol.